The van der Waals surface area contributed by atoms with E-state index in [1.807, 2.05) is 30.3 Å². The Morgan fingerprint density at radius 1 is 1.11 bits per heavy atom. The fraction of sp³-hybridized carbons (Fsp3) is 0.385. The zero-order valence-electron chi connectivity index (χ0n) is 10.4. The second-order valence-corrected chi connectivity index (χ2v) is 4.29. The van der Waals surface area contributed by atoms with Crippen LogP contribution in [0.25, 0.3) is 0 Å². The Morgan fingerprint density at radius 2 is 1.68 bits per heavy atom. The molecule has 1 aliphatic heterocycles. The first-order valence-electron chi connectivity index (χ1n) is 5.90. The van der Waals surface area contributed by atoms with Crippen LogP contribution in [0.3, 0.4) is 0 Å². The van der Waals surface area contributed by atoms with Crippen molar-refractivity contribution in [2.45, 2.75) is 18.4 Å². The molecule has 1 aliphatic rings. The summed E-state index contributed by atoms with van der Waals surface area (Å²) in [4.78, 5) is 18.2. The summed E-state index contributed by atoms with van der Waals surface area (Å²) in [6, 6.07) is 9.91. The normalized spacial score (nSPS) is 21.9. The Balaban J connectivity index is 0.000000258. The third-order valence-corrected chi connectivity index (χ3v) is 2.86. The van der Waals surface area contributed by atoms with Crippen molar-refractivity contribution in [1.82, 2.24) is 5.32 Å². The van der Waals surface area contributed by atoms with Crippen molar-refractivity contribution in [1.29, 1.82) is 0 Å². The van der Waals surface area contributed by atoms with Gasteiger partial charge in [0.2, 0.25) is 0 Å². The molecule has 1 aromatic rings. The summed E-state index contributed by atoms with van der Waals surface area (Å²) in [6.07, 6.45) is 1.91. The Bertz CT molecular complexity index is 414. The number of carbonyl (C=O) groups is 2. The summed E-state index contributed by atoms with van der Waals surface area (Å²) in [5, 5.41) is 28.3. The van der Waals surface area contributed by atoms with E-state index >= 15 is 0 Å². The maximum atomic E-state index is 10.3. The summed E-state index contributed by atoms with van der Waals surface area (Å²) < 4.78 is 0. The second-order valence-electron chi connectivity index (χ2n) is 4.29. The van der Waals surface area contributed by atoms with E-state index in [1.165, 1.54) is 0 Å². The molecule has 6 nitrogen and oxygen atoms in total. The quantitative estimate of drug-likeness (QED) is 0.549. The Kier molecular flexibility index (Phi) is 5.47. The molecule has 1 aromatic carbocycles. The molecule has 1 fully saturated rings. The molecule has 0 radical (unpaired) electrons. The SMILES string of the molecule is O=C(O)C(=O)O.OC1(c2ccccc2)CCCNC1. The largest absolute Gasteiger partial charge is 0.473 e. The van der Waals surface area contributed by atoms with Crippen molar-refractivity contribution in [3.8, 4) is 0 Å². The molecule has 0 bridgehead atoms. The van der Waals surface area contributed by atoms with E-state index in [4.69, 9.17) is 19.8 Å². The maximum absolute atomic E-state index is 10.3. The minimum absolute atomic E-state index is 0.639. The molecule has 6 heteroatoms. The number of hydrogen-bond acceptors (Lipinski definition) is 4. The fourth-order valence-corrected chi connectivity index (χ4v) is 1.88. The molecule has 1 atom stereocenters. The van der Waals surface area contributed by atoms with Crippen molar-refractivity contribution in [2.24, 2.45) is 0 Å². The predicted octanol–water partition coefficient (Wildman–Crippen LogP) is 0.413. The van der Waals surface area contributed by atoms with Crippen LogP contribution in [0.1, 0.15) is 18.4 Å². The number of aliphatic hydroxyl groups is 1. The van der Waals surface area contributed by atoms with Crippen molar-refractivity contribution in [2.75, 3.05) is 13.1 Å². The summed E-state index contributed by atoms with van der Waals surface area (Å²) >= 11 is 0. The third kappa shape index (κ3) is 4.69. The first kappa shape index (κ1) is 15.1. The molecule has 0 aromatic heterocycles. The summed E-state index contributed by atoms with van der Waals surface area (Å²) in [5.74, 6) is -3.65. The van der Waals surface area contributed by atoms with E-state index in [9.17, 15) is 5.11 Å². The van der Waals surface area contributed by atoms with Crippen molar-refractivity contribution >= 4 is 11.9 Å². The van der Waals surface area contributed by atoms with Crippen molar-refractivity contribution < 1.29 is 24.9 Å². The number of β-amino-alcohol motifs (C(OH)–C–C–N with tert-alkyl or cyclic N) is 1. The van der Waals surface area contributed by atoms with Crippen LogP contribution in [0.5, 0.6) is 0 Å². The van der Waals surface area contributed by atoms with Gasteiger partial charge in [0.1, 0.15) is 5.60 Å². The maximum Gasteiger partial charge on any atom is 0.414 e. The molecular formula is C13H17NO5. The Labute approximate surface area is 110 Å². The molecule has 2 rings (SSSR count). The highest BCUT2D eigenvalue weighted by molar-refractivity contribution is 6.27. The standard InChI is InChI=1S/C11H15NO.C2H2O4/c13-11(7-4-8-12-9-11)10-5-2-1-3-6-10;3-1(4)2(5)6/h1-3,5-6,12-13H,4,7-9H2;(H,3,4)(H,5,6). The molecule has 0 spiro atoms. The number of piperidine rings is 1. The highest BCUT2D eigenvalue weighted by Gasteiger charge is 2.30. The molecule has 104 valence electrons. The summed E-state index contributed by atoms with van der Waals surface area (Å²) in [7, 11) is 0. The van der Waals surface area contributed by atoms with Gasteiger partial charge >= 0.3 is 11.9 Å². The molecule has 1 unspecified atom stereocenters. The summed E-state index contributed by atoms with van der Waals surface area (Å²) in [6.45, 7) is 1.70. The molecule has 4 N–H and O–H groups in total. The number of rotatable bonds is 1. The van der Waals surface area contributed by atoms with Gasteiger partial charge in [0.15, 0.2) is 0 Å². The smallest absolute Gasteiger partial charge is 0.414 e. The molecule has 19 heavy (non-hydrogen) atoms. The highest BCUT2D eigenvalue weighted by atomic mass is 16.4. The van der Waals surface area contributed by atoms with Gasteiger partial charge in [0.05, 0.1) is 0 Å². The van der Waals surface area contributed by atoms with Crippen LogP contribution >= 0.6 is 0 Å². The number of benzene rings is 1. The van der Waals surface area contributed by atoms with Crippen LogP contribution < -0.4 is 5.32 Å². The zero-order valence-corrected chi connectivity index (χ0v) is 10.4. The number of nitrogens with one attached hydrogen (secondary N) is 1. The lowest BCUT2D eigenvalue weighted by atomic mass is 9.87. The van der Waals surface area contributed by atoms with Gasteiger partial charge in [-0.05, 0) is 24.9 Å². The lowest BCUT2D eigenvalue weighted by Gasteiger charge is -2.33. The fourth-order valence-electron chi connectivity index (χ4n) is 1.88. The molecule has 1 heterocycles. The van der Waals surface area contributed by atoms with Crippen molar-refractivity contribution in [3.63, 3.8) is 0 Å². The topological polar surface area (TPSA) is 107 Å². The van der Waals surface area contributed by atoms with Crippen LogP contribution in [0.15, 0.2) is 30.3 Å². The van der Waals surface area contributed by atoms with Gasteiger partial charge in [0, 0.05) is 6.54 Å². The molecule has 1 saturated heterocycles. The molecule has 0 saturated carbocycles. The van der Waals surface area contributed by atoms with E-state index in [0.717, 1.165) is 24.9 Å². The van der Waals surface area contributed by atoms with Crippen LogP contribution in [0, 0.1) is 0 Å². The average molecular weight is 267 g/mol. The van der Waals surface area contributed by atoms with Gasteiger partial charge in [0.25, 0.3) is 0 Å². The predicted molar refractivity (Wildman–Crippen MR) is 67.7 cm³/mol. The second kappa shape index (κ2) is 6.86. The average Bonchev–Trinajstić information content (AvgIpc) is 2.41. The lowest BCUT2D eigenvalue weighted by Crippen LogP contribution is -2.43. The Morgan fingerprint density at radius 3 is 2.11 bits per heavy atom. The minimum Gasteiger partial charge on any atom is -0.473 e. The molecular weight excluding hydrogens is 250 g/mol. The van der Waals surface area contributed by atoms with E-state index < -0.39 is 17.5 Å². The van der Waals surface area contributed by atoms with E-state index in [-0.39, 0.29) is 0 Å². The lowest BCUT2D eigenvalue weighted by molar-refractivity contribution is -0.159. The summed E-state index contributed by atoms with van der Waals surface area (Å²) in [5.41, 5.74) is 0.390. The minimum atomic E-state index is -1.82. The number of carboxylic acid groups (broad SMARTS) is 2. The zero-order chi connectivity index (χ0) is 14.3. The van der Waals surface area contributed by atoms with Gasteiger partial charge < -0.3 is 20.6 Å². The Hall–Kier alpha value is -1.92. The van der Waals surface area contributed by atoms with E-state index in [1.54, 1.807) is 0 Å². The van der Waals surface area contributed by atoms with Gasteiger partial charge in [-0.3, -0.25) is 0 Å². The van der Waals surface area contributed by atoms with E-state index in [2.05, 4.69) is 5.32 Å². The van der Waals surface area contributed by atoms with Crippen molar-refractivity contribution in [3.05, 3.63) is 35.9 Å². The van der Waals surface area contributed by atoms with Gasteiger partial charge in [-0.1, -0.05) is 30.3 Å². The molecule has 0 amide bonds. The van der Waals surface area contributed by atoms with E-state index in [0.29, 0.717) is 6.54 Å². The third-order valence-electron chi connectivity index (χ3n) is 2.86. The monoisotopic (exact) mass is 267 g/mol. The first-order valence-corrected chi connectivity index (χ1v) is 5.90. The number of carboxylic acids is 2. The van der Waals surface area contributed by atoms with Gasteiger partial charge in [-0.15, -0.1) is 0 Å². The van der Waals surface area contributed by atoms with Crippen LogP contribution in [0.2, 0.25) is 0 Å². The first-order chi connectivity index (χ1) is 8.96. The van der Waals surface area contributed by atoms with Crippen LogP contribution in [-0.2, 0) is 15.2 Å². The van der Waals surface area contributed by atoms with Gasteiger partial charge in [-0.25, -0.2) is 9.59 Å². The molecule has 0 aliphatic carbocycles. The number of aliphatic carboxylic acids is 2. The van der Waals surface area contributed by atoms with Gasteiger partial charge in [-0.2, -0.15) is 0 Å². The van der Waals surface area contributed by atoms with Crippen LogP contribution in [-0.4, -0.2) is 40.3 Å². The highest BCUT2D eigenvalue weighted by Crippen LogP contribution is 2.27. The number of hydrogen-bond donors (Lipinski definition) is 4. The van der Waals surface area contributed by atoms with Crippen LogP contribution in [0.4, 0.5) is 0 Å².